The Morgan fingerprint density at radius 2 is 2.12 bits per heavy atom. The summed E-state index contributed by atoms with van der Waals surface area (Å²) >= 11 is 0. The second kappa shape index (κ2) is 5.99. The Hall–Kier alpha value is -0.120. The molecule has 1 saturated heterocycles. The van der Waals surface area contributed by atoms with Gasteiger partial charge in [0.1, 0.15) is 0 Å². The van der Waals surface area contributed by atoms with Gasteiger partial charge < -0.3 is 15.0 Å². The van der Waals surface area contributed by atoms with E-state index in [9.17, 15) is 0 Å². The van der Waals surface area contributed by atoms with Crippen molar-refractivity contribution in [2.24, 2.45) is 5.92 Å². The molecule has 16 heavy (non-hydrogen) atoms. The lowest BCUT2D eigenvalue weighted by atomic mass is 9.85. The average Bonchev–Trinajstić information content (AvgIpc) is 2.31. The zero-order valence-corrected chi connectivity index (χ0v) is 10.7. The molecule has 0 aromatic rings. The molecule has 3 heteroatoms. The van der Waals surface area contributed by atoms with Crippen molar-refractivity contribution in [3.05, 3.63) is 0 Å². The molecule has 3 unspecified atom stereocenters. The molecule has 3 atom stereocenters. The van der Waals surface area contributed by atoms with E-state index in [1.807, 2.05) is 0 Å². The quantitative estimate of drug-likeness (QED) is 0.789. The van der Waals surface area contributed by atoms with E-state index in [0.717, 1.165) is 38.2 Å². The van der Waals surface area contributed by atoms with Gasteiger partial charge in [-0.05, 0) is 25.8 Å². The second-order valence-corrected chi connectivity index (χ2v) is 5.47. The predicted octanol–water partition coefficient (Wildman–Crippen LogP) is 1.49. The number of hydrogen-bond donors (Lipinski definition) is 1. The Labute approximate surface area is 99.5 Å². The normalized spacial score (nSPS) is 36.6. The molecule has 1 heterocycles. The molecule has 3 nitrogen and oxygen atoms in total. The third kappa shape index (κ3) is 3.19. The van der Waals surface area contributed by atoms with Crippen molar-refractivity contribution in [1.29, 1.82) is 0 Å². The number of rotatable bonds is 3. The summed E-state index contributed by atoms with van der Waals surface area (Å²) in [6, 6.07) is 0.777. The summed E-state index contributed by atoms with van der Waals surface area (Å²) in [4.78, 5) is 2.53. The minimum absolute atomic E-state index is 0.396. The summed E-state index contributed by atoms with van der Waals surface area (Å²) in [6.45, 7) is 6.40. The van der Waals surface area contributed by atoms with E-state index in [4.69, 9.17) is 4.74 Å². The van der Waals surface area contributed by atoms with Crippen LogP contribution in [0.2, 0.25) is 0 Å². The first-order valence-electron chi connectivity index (χ1n) is 6.80. The van der Waals surface area contributed by atoms with Gasteiger partial charge in [0.25, 0.3) is 0 Å². The van der Waals surface area contributed by atoms with Crippen LogP contribution in [0.25, 0.3) is 0 Å². The van der Waals surface area contributed by atoms with Gasteiger partial charge in [-0.3, -0.25) is 0 Å². The van der Waals surface area contributed by atoms with Gasteiger partial charge in [-0.15, -0.1) is 0 Å². The highest BCUT2D eigenvalue weighted by atomic mass is 16.5. The minimum atomic E-state index is 0.396. The fourth-order valence-electron chi connectivity index (χ4n) is 3.15. The molecular weight excluding hydrogens is 200 g/mol. The Bertz CT molecular complexity index is 204. The third-order valence-corrected chi connectivity index (χ3v) is 4.13. The Morgan fingerprint density at radius 3 is 2.81 bits per heavy atom. The highest BCUT2D eigenvalue weighted by Crippen LogP contribution is 2.27. The van der Waals surface area contributed by atoms with Crippen LogP contribution in [0.1, 0.15) is 32.6 Å². The predicted molar refractivity (Wildman–Crippen MR) is 66.7 cm³/mol. The summed E-state index contributed by atoms with van der Waals surface area (Å²) in [6.07, 6.45) is 6.00. The van der Waals surface area contributed by atoms with E-state index in [0.29, 0.717) is 6.10 Å². The first-order valence-corrected chi connectivity index (χ1v) is 6.80. The molecule has 94 valence electrons. The fourth-order valence-corrected chi connectivity index (χ4v) is 3.15. The lowest BCUT2D eigenvalue weighted by molar-refractivity contribution is -0.00577. The molecule has 0 amide bonds. The number of ether oxygens (including phenoxy) is 1. The van der Waals surface area contributed by atoms with Gasteiger partial charge in [-0.2, -0.15) is 0 Å². The van der Waals surface area contributed by atoms with Crippen LogP contribution in [0.4, 0.5) is 0 Å². The number of morpholine rings is 1. The van der Waals surface area contributed by atoms with Crippen LogP contribution < -0.4 is 5.32 Å². The van der Waals surface area contributed by atoms with Crippen LogP contribution in [0.15, 0.2) is 0 Å². The lowest BCUT2D eigenvalue weighted by Gasteiger charge is -2.38. The molecule has 0 aromatic heterocycles. The van der Waals surface area contributed by atoms with Crippen molar-refractivity contribution in [2.45, 2.75) is 44.8 Å². The van der Waals surface area contributed by atoms with E-state index in [-0.39, 0.29) is 0 Å². The van der Waals surface area contributed by atoms with Crippen molar-refractivity contribution in [3.63, 3.8) is 0 Å². The molecule has 1 saturated carbocycles. The van der Waals surface area contributed by atoms with Gasteiger partial charge in [0, 0.05) is 25.7 Å². The van der Waals surface area contributed by atoms with Gasteiger partial charge in [0.05, 0.1) is 12.7 Å². The molecule has 2 fully saturated rings. The lowest BCUT2D eigenvalue weighted by Crippen LogP contribution is -2.48. The second-order valence-electron chi connectivity index (χ2n) is 5.47. The van der Waals surface area contributed by atoms with Crippen molar-refractivity contribution in [3.8, 4) is 0 Å². The summed E-state index contributed by atoms with van der Waals surface area (Å²) in [7, 11) is 2.27. The molecule has 1 N–H and O–H groups in total. The van der Waals surface area contributed by atoms with Gasteiger partial charge in [-0.1, -0.05) is 19.8 Å². The van der Waals surface area contributed by atoms with Crippen LogP contribution in [-0.2, 0) is 4.74 Å². The number of nitrogens with one attached hydrogen (secondary N) is 1. The maximum Gasteiger partial charge on any atom is 0.0826 e. The summed E-state index contributed by atoms with van der Waals surface area (Å²) < 4.78 is 5.77. The molecule has 0 aromatic carbocycles. The maximum atomic E-state index is 5.77. The molecule has 1 aliphatic carbocycles. The number of likely N-dealkylation sites (N-methyl/N-ethyl adjacent to an activating group) is 1. The molecule has 0 bridgehead atoms. The molecule has 0 spiro atoms. The highest BCUT2D eigenvalue weighted by molar-refractivity contribution is 4.81. The Morgan fingerprint density at radius 1 is 1.31 bits per heavy atom. The number of hydrogen-bond acceptors (Lipinski definition) is 3. The fraction of sp³-hybridized carbons (Fsp3) is 1.00. The van der Waals surface area contributed by atoms with Gasteiger partial charge in [0.15, 0.2) is 0 Å². The Kier molecular flexibility index (Phi) is 4.62. The van der Waals surface area contributed by atoms with Gasteiger partial charge >= 0.3 is 0 Å². The zero-order chi connectivity index (χ0) is 11.4. The number of nitrogens with zero attached hydrogens (tertiary/aromatic N) is 1. The summed E-state index contributed by atoms with van der Waals surface area (Å²) in [5.74, 6) is 0.857. The Balaban J connectivity index is 1.78. The topological polar surface area (TPSA) is 24.5 Å². The molecule has 2 aliphatic rings. The van der Waals surface area contributed by atoms with Crippen LogP contribution in [-0.4, -0.2) is 50.3 Å². The SMILES string of the molecule is CC1CCCCC1N(C)CC1CNCCO1. The van der Waals surface area contributed by atoms with Gasteiger partial charge in [0.2, 0.25) is 0 Å². The van der Waals surface area contributed by atoms with Crippen molar-refractivity contribution < 1.29 is 4.74 Å². The molecule has 2 rings (SSSR count). The monoisotopic (exact) mass is 226 g/mol. The largest absolute Gasteiger partial charge is 0.374 e. The van der Waals surface area contributed by atoms with Crippen molar-refractivity contribution in [1.82, 2.24) is 10.2 Å². The first kappa shape index (κ1) is 12.3. The standard InChI is InChI=1S/C13H26N2O/c1-11-5-3-4-6-13(11)15(2)10-12-9-14-7-8-16-12/h11-14H,3-10H2,1-2H3. The van der Waals surface area contributed by atoms with Crippen molar-refractivity contribution in [2.75, 3.05) is 33.3 Å². The average molecular weight is 226 g/mol. The minimum Gasteiger partial charge on any atom is -0.374 e. The first-order chi connectivity index (χ1) is 7.77. The summed E-state index contributed by atoms with van der Waals surface area (Å²) in [5.41, 5.74) is 0. The smallest absolute Gasteiger partial charge is 0.0826 e. The third-order valence-electron chi connectivity index (χ3n) is 4.13. The van der Waals surface area contributed by atoms with Crippen molar-refractivity contribution >= 4 is 0 Å². The van der Waals surface area contributed by atoms with E-state index >= 15 is 0 Å². The van der Waals surface area contributed by atoms with E-state index < -0.39 is 0 Å². The van der Waals surface area contributed by atoms with E-state index in [1.54, 1.807) is 0 Å². The zero-order valence-electron chi connectivity index (χ0n) is 10.7. The molecular formula is C13H26N2O. The van der Waals surface area contributed by atoms with Crippen LogP contribution >= 0.6 is 0 Å². The molecule has 1 aliphatic heterocycles. The summed E-state index contributed by atoms with van der Waals surface area (Å²) in [5, 5.41) is 3.40. The van der Waals surface area contributed by atoms with Crippen LogP contribution in [0.5, 0.6) is 0 Å². The van der Waals surface area contributed by atoms with E-state index in [1.165, 1.54) is 25.7 Å². The highest BCUT2D eigenvalue weighted by Gasteiger charge is 2.27. The van der Waals surface area contributed by atoms with E-state index in [2.05, 4.69) is 24.2 Å². The molecule has 0 radical (unpaired) electrons. The van der Waals surface area contributed by atoms with Crippen LogP contribution in [0.3, 0.4) is 0 Å². The maximum absolute atomic E-state index is 5.77. The van der Waals surface area contributed by atoms with Crippen LogP contribution in [0, 0.1) is 5.92 Å². The van der Waals surface area contributed by atoms with Gasteiger partial charge in [-0.25, -0.2) is 0 Å².